The predicted octanol–water partition coefficient (Wildman–Crippen LogP) is 3.78. The molecular formula is C15H12Cl2N2O3. The molecule has 0 saturated heterocycles. The Morgan fingerprint density at radius 2 is 2.23 bits per heavy atom. The molecule has 0 aliphatic carbocycles. The van der Waals surface area contributed by atoms with E-state index in [0.717, 1.165) is 0 Å². The van der Waals surface area contributed by atoms with Crippen molar-refractivity contribution in [3.05, 3.63) is 58.5 Å². The van der Waals surface area contributed by atoms with E-state index in [1.807, 2.05) is 0 Å². The molecule has 0 aliphatic heterocycles. The number of allylic oxidation sites excluding steroid dienone is 1. The highest BCUT2D eigenvalue weighted by molar-refractivity contribution is 6.34. The molecule has 7 heteroatoms. The van der Waals surface area contributed by atoms with Crippen LogP contribution >= 0.6 is 23.2 Å². The Labute approximate surface area is 137 Å². The second-order valence-corrected chi connectivity index (χ2v) is 4.89. The number of hydrazone groups is 1. The molecule has 1 heterocycles. The normalized spacial score (nSPS) is 11.2. The van der Waals surface area contributed by atoms with Gasteiger partial charge in [0, 0.05) is 17.3 Å². The smallest absolute Gasteiger partial charge is 0.277 e. The first-order valence-electron chi connectivity index (χ1n) is 6.25. The molecule has 0 spiro atoms. The molecule has 0 aliphatic rings. The number of carbonyl (C=O) groups is 1. The van der Waals surface area contributed by atoms with Crippen molar-refractivity contribution in [2.75, 3.05) is 6.61 Å². The van der Waals surface area contributed by atoms with Crippen LogP contribution in [-0.4, -0.2) is 18.7 Å². The average molecular weight is 339 g/mol. The van der Waals surface area contributed by atoms with E-state index in [2.05, 4.69) is 10.5 Å². The van der Waals surface area contributed by atoms with Gasteiger partial charge in [0.05, 0.1) is 11.3 Å². The highest BCUT2D eigenvalue weighted by Gasteiger charge is 2.05. The Kier molecular flexibility index (Phi) is 6.06. The maximum atomic E-state index is 11.5. The maximum absolute atomic E-state index is 11.5. The first-order chi connectivity index (χ1) is 10.6. The average Bonchev–Trinajstić information content (AvgIpc) is 3.01. The number of nitrogens with one attached hydrogen (secondary N) is 1. The van der Waals surface area contributed by atoms with E-state index in [0.29, 0.717) is 21.6 Å². The van der Waals surface area contributed by atoms with Gasteiger partial charge in [0.25, 0.3) is 5.91 Å². The molecule has 1 aromatic heterocycles. The molecule has 5 nitrogen and oxygen atoms in total. The lowest BCUT2D eigenvalue weighted by Gasteiger charge is -2.06. The van der Waals surface area contributed by atoms with Crippen molar-refractivity contribution in [3.63, 3.8) is 0 Å². The zero-order valence-electron chi connectivity index (χ0n) is 11.3. The topological polar surface area (TPSA) is 63.8 Å². The summed E-state index contributed by atoms with van der Waals surface area (Å²) in [6, 6.07) is 8.33. The SMILES string of the molecule is O=C(COc1cc(Cl)ccc1Cl)NN=CC=Cc1ccco1. The van der Waals surface area contributed by atoms with Gasteiger partial charge in [-0.2, -0.15) is 5.10 Å². The summed E-state index contributed by atoms with van der Waals surface area (Å²) in [5.41, 5.74) is 2.31. The van der Waals surface area contributed by atoms with Crippen LogP contribution in [0.3, 0.4) is 0 Å². The lowest BCUT2D eigenvalue weighted by Crippen LogP contribution is -2.24. The second kappa shape index (κ2) is 8.26. The summed E-state index contributed by atoms with van der Waals surface area (Å²) >= 11 is 11.7. The monoisotopic (exact) mass is 338 g/mol. The number of furan rings is 1. The Morgan fingerprint density at radius 3 is 3.00 bits per heavy atom. The summed E-state index contributed by atoms with van der Waals surface area (Å²) < 4.78 is 10.4. The van der Waals surface area contributed by atoms with E-state index in [-0.39, 0.29) is 6.61 Å². The standard InChI is InChI=1S/C15H12Cl2N2O3/c16-11-5-6-13(17)14(9-11)22-10-15(20)19-18-7-1-3-12-4-2-8-21-12/h1-9H,10H2,(H,19,20). The van der Waals surface area contributed by atoms with Crippen LogP contribution in [0.15, 0.2) is 52.2 Å². The van der Waals surface area contributed by atoms with Crippen molar-refractivity contribution < 1.29 is 13.9 Å². The van der Waals surface area contributed by atoms with Gasteiger partial charge in [-0.1, -0.05) is 23.2 Å². The van der Waals surface area contributed by atoms with E-state index in [4.69, 9.17) is 32.4 Å². The molecule has 0 radical (unpaired) electrons. The molecule has 0 fully saturated rings. The molecule has 1 aromatic carbocycles. The first-order valence-corrected chi connectivity index (χ1v) is 7.00. The third-order valence-corrected chi connectivity index (χ3v) is 2.95. The number of rotatable bonds is 6. The third kappa shape index (κ3) is 5.27. The van der Waals surface area contributed by atoms with Crippen LogP contribution in [0.5, 0.6) is 5.75 Å². The molecule has 2 rings (SSSR count). The number of hydrogen-bond donors (Lipinski definition) is 1. The van der Waals surface area contributed by atoms with E-state index in [9.17, 15) is 4.79 Å². The van der Waals surface area contributed by atoms with Crippen LogP contribution in [0.25, 0.3) is 6.08 Å². The number of amides is 1. The quantitative estimate of drug-likeness (QED) is 0.643. The molecule has 0 unspecified atom stereocenters. The van der Waals surface area contributed by atoms with Gasteiger partial charge in [0.1, 0.15) is 11.5 Å². The highest BCUT2D eigenvalue weighted by Crippen LogP contribution is 2.27. The van der Waals surface area contributed by atoms with Crippen molar-refractivity contribution >= 4 is 41.4 Å². The van der Waals surface area contributed by atoms with Crippen LogP contribution < -0.4 is 10.2 Å². The minimum absolute atomic E-state index is 0.223. The molecule has 114 valence electrons. The van der Waals surface area contributed by atoms with Crippen LogP contribution in [0.4, 0.5) is 0 Å². The summed E-state index contributed by atoms with van der Waals surface area (Å²) in [5.74, 6) is 0.612. The fourth-order valence-corrected chi connectivity index (χ4v) is 1.77. The predicted molar refractivity (Wildman–Crippen MR) is 86.3 cm³/mol. The van der Waals surface area contributed by atoms with Crippen molar-refractivity contribution in [2.45, 2.75) is 0 Å². The molecule has 0 atom stereocenters. The van der Waals surface area contributed by atoms with Crippen LogP contribution in [-0.2, 0) is 4.79 Å². The number of nitrogens with zero attached hydrogens (tertiary/aromatic N) is 1. The van der Waals surface area contributed by atoms with Gasteiger partial charge in [-0.05, 0) is 36.4 Å². The number of ether oxygens (including phenoxy) is 1. The van der Waals surface area contributed by atoms with E-state index >= 15 is 0 Å². The molecular weight excluding hydrogens is 327 g/mol. The zero-order chi connectivity index (χ0) is 15.8. The van der Waals surface area contributed by atoms with Crippen LogP contribution in [0.2, 0.25) is 10.0 Å². The fraction of sp³-hybridized carbons (Fsp3) is 0.0667. The molecule has 22 heavy (non-hydrogen) atoms. The van der Waals surface area contributed by atoms with Gasteiger partial charge in [0.15, 0.2) is 6.61 Å². The highest BCUT2D eigenvalue weighted by atomic mass is 35.5. The Morgan fingerprint density at radius 1 is 1.36 bits per heavy atom. The van der Waals surface area contributed by atoms with Gasteiger partial charge in [0.2, 0.25) is 0 Å². The van der Waals surface area contributed by atoms with E-state index < -0.39 is 5.91 Å². The van der Waals surface area contributed by atoms with Gasteiger partial charge in [-0.3, -0.25) is 4.79 Å². The summed E-state index contributed by atoms with van der Waals surface area (Å²) in [7, 11) is 0. The third-order valence-electron chi connectivity index (χ3n) is 2.41. The Balaban J connectivity index is 1.75. The second-order valence-electron chi connectivity index (χ2n) is 4.05. The number of halogens is 2. The van der Waals surface area contributed by atoms with Crippen molar-refractivity contribution in [1.29, 1.82) is 0 Å². The largest absolute Gasteiger partial charge is 0.482 e. The zero-order valence-corrected chi connectivity index (χ0v) is 12.8. The Hall–Kier alpha value is -2.24. The number of carbonyl (C=O) groups excluding carboxylic acids is 1. The maximum Gasteiger partial charge on any atom is 0.277 e. The van der Waals surface area contributed by atoms with Crippen molar-refractivity contribution in [1.82, 2.24) is 5.43 Å². The van der Waals surface area contributed by atoms with Gasteiger partial charge in [-0.25, -0.2) is 5.43 Å². The van der Waals surface area contributed by atoms with Crippen molar-refractivity contribution in [3.8, 4) is 5.75 Å². The molecule has 1 N–H and O–H groups in total. The molecule has 0 saturated carbocycles. The molecule has 0 bridgehead atoms. The van der Waals surface area contributed by atoms with E-state index in [1.54, 1.807) is 42.7 Å². The number of benzene rings is 1. The summed E-state index contributed by atoms with van der Waals surface area (Å²) in [6.45, 7) is -0.223. The van der Waals surface area contributed by atoms with Crippen LogP contribution in [0.1, 0.15) is 5.76 Å². The summed E-state index contributed by atoms with van der Waals surface area (Å²) in [4.78, 5) is 11.5. The first kappa shape index (κ1) is 16.1. The van der Waals surface area contributed by atoms with Crippen molar-refractivity contribution in [2.24, 2.45) is 5.10 Å². The van der Waals surface area contributed by atoms with Gasteiger partial charge < -0.3 is 9.15 Å². The fourth-order valence-electron chi connectivity index (χ4n) is 1.44. The lowest BCUT2D eigenvalue weighted by atomic mass is 10.3. The summed E-state index contributed by atoms with van der Waals surface area (Å²) in [5, 5.41) is 4.58. The molecule has 2 aromatic rings. The van der Waals surface area contributed by atoms with Gasteiger partial charge in [-0.15, -0.1) is 0 Å². The van der Waals surface area contributed by atoms with Gasteiger partial charge >= 0.3 is 0 Å². The summed E-state index contributed by atoms with van der Waals surface area (Å²) in [6.07, 6.45) is 6.33. The molecule has 1 amide bonds. The minimum Gasteiger partial charge on any atom is -0.482 e. The minimum atomic E-state index is -0.418. The van der Waals surface area contributed by atoms with E-state index in [1.165, 1.54) is 12.3 Å². The number of hydrogen-bond acceptors (Lipinski definition) is 4. The van der Waals surface area contributed by atoms with Crippen LogP contribution in [0, 0.1) is 0 Å². The Bertz CT molecular complexity index is 682. The lowest BCUT2D eigenvalue weighted by molar-refractivity contribution is -0.123.